The molecule has 0 saturated heterocycles. The van der Waals surface area contributed by atoms with Gasteiger partial charge in [-0.25, -0.2) is 4.98 Å². The number of halogens is 3. The summed E-state index contributed by atoms with van der Waals surface area (Å²) in [5.41, 5.74) is -0.777. The summed E-state index contributed by atoms with van der Waals surface area (Å²) < 4.78 is 38.3. The summed E-state index contributed by atoms with van der Waals surface area (Å²) >= 11 is 0. The van der Waals surface area contributed by atoms with Gasteiger partial charge < -0.3 is 10.6 Å². The molecule has 0 atom stereocenters. The number of nitrogens with one attached hydrogen (secondary N) is 2. The van der Waals surface area contributed by atoms with E-state index in [0.29, 0.717) is 6.54 Å². The van der Waals surface area contributed by atoms with Crippen LogP contribution in [0.1, 0.15) is 32.3 Å². The Labute approximate surface area is 104 Å². The van der Waals surface area contributed by atoms with Gasteiger partial charge in [0.25, 0.3) is 0 Å². The quantitative estimate of drug-likeness (QED) is 0.869. The molecule has 0 unspecified atom stereocenters. The van der Waals surface area contributed by atoms with Crippen molar-refractivity contribution in [3.05, 3.63) is 17.7 Å². The van der Waals surface area contributed by atoms with E-state index in [1.54, 1.807) is 0 Å². The first-order chi connectivity index (χ1) is 8.32. The zero-order valence-electron chi connectivity index (χ0n) is 10.4. The Bertz CT molecular complexity index is 439. The van der Waals surface area contributed by atoms with Gasteiger partial charge in [-0.1, -0.05) is 0 Å². The normalized spacial score (nSPS) is 17.4. The highest BCUT2D eigenvalue weighted by Gasteiger charge is 2.38. The van der Waals surface area contributed by atoms with E-state index in [2.05, 4.69) is 15.6 Å². The molecule has 1 fully saturated rings. The van der Waals surface area contributed by atoms with Crippen molar-refractivity contribution in [3.8, 4) is 0 Å². The average Bonchev–Trinajstić information content (AvgIpc) is 2.94. The second kappa shape index (κ2) is 4.33. The van der Waals surface area contributed by atoms with E-state index in [0.717, 1.165) is 25.0 Å². The van der Waals surface area contributed by atoms with Gasteiger partial charge in [-0.05, 0) is 38.8 Å². The summed E-state index contributed by atoms with van der Waals surface area (Å²) in [5.74, 6) is 0.528. The van der Waals surface area contributed by atoms with Gasteiger partial charge in [0.2, 0.25) is 0 Å². The third-order valence-corrected chi connectivity index (χ3v) is 2.94. The van der Waals surface area contributed by atoms with Crippen LogP contribution in [0, 0.1) is 0 Å². The van der Waals surface area contributed by atoms with Crippen molar-refractivity contribution in [1.82, 2.24) is 4.98 Å². The fourth-order valence-corrected chi connectivity index (χ4v) is 1.65. The number of aromatic nitrogens is 1. The van der Waals surface area contributed by atoms with E-state index in [9.17, 15) is 13.2 Å². The lowest BCUT2D eigenvalue weighted by molar-refractivity contribution is -0.137. The van der Waals surface area contributed by atoms with Crippen molar-refractivity contribution in [3.63, 3.8) is 0 Å². The third kappa shape index (κ3) is 3.05. The van der Waals surface area contributed by atoms with Crippen LogP contribution in [-0.4, -0.2) is 17.1 Å². The first-order valence-corrected chi connectivity index (χ1v) is 5.94. The fourth-order valence-electron chi connectivity index (χ4n) is 1.65. The zero-order valence-corrected chi connectivity index (χ0v) is 10.4. The van der Waals surface area contributed by atoms with E-state index in [4.69, 9.17) is 0 Å². The molecule has 1 aliphatic carbocycles. The molecular formula is C12H16F3N3. The van der Waals surface area contributed by atoms with Gasteiger partial charge in [0.1, 0.15) is 11.6 Å². The SMILES string of the molecule is CCNc1cc(C(F)(F)F)cc(NC2(C)CC2)n1. The van der Waals surface area contributed by atoms with Gasteiger partial charge in [-0.15, -0.1) is 0 Å². The molecule has 1 heterocycles. The minimum atomic E-state index is -4.35. The summed E-state index contributed by atoms with van der Waals surface area (Å²) in [6.07, 6.45) is -2.43. The molecular weight excluding hydrogens is 243 g/mol. The van der Waals surface area contributed by atoms with Crippen molar-refractivity contribution in [2.24, 2.45) is 0 Å². The lowest BCUT2D eigenvalue weighted by Crippen LogP contribution is -2.18. The van der Waals surface area contributed by atoms with Gasteiger partial charge in [-0.3, -0.25) is 0 Å². The smallest absolute Gasteiger partial charge is 0.370 e. The van der Waals surface area contributed by atoms with Crippen LogP contribution in [0.4, 0.5) is 24.8 Å². The van der Waals surface area contributed by atoms with Gasteiger partial charge >= 0.3 is 6.18 Å². The number of pyridine rings is 1. The minimum Gasteiger partial charge on any atom is -0.370 e. The maximum absolute atomic E-state index is 12.8. The van der Waals surface area contributed by atoms with E-state index in [1.165, 1.54) is 0 Å². The molecule has 0 aromatic carbocycles. The lowest BCUT2D eigenvalue weighted by Gasteiger charge is -2.16. The summed E-state index contributed by atoms with van der Waals surface area (Å²) in [7, 11) is 0. The maximum Gasteiger partial charge on any atom is 0.416 e. The monoisotopic (exact) mass is 259 g/mol. The Balaban J connectivity index is 2.30. The molecule has 0 spiro atoms. The summed E-state index contributed by atoms with van der Waals surface area (Å²) in [5, 5.41) is 5.87. The topological polar surface area (TPSA) is 37.0 Å². The molecule has 1 aromatic rings. The molecule has 2 N–H and O–H groups in total. The predicted octanol–water partition coefficient (Wildman–Crippen LogP) is 3.50. The minimum absolute atomic E-state index is 0.0965. The largest absolute Gasteiger partial charge is 0.416 e. The van der Waals surface area contributed by atoms with Crippen LogP contribution in [0.5, 0.6) is 0 Å². The lowest BCUT2D eigenvalue weighted by atomic mass is 10.2. The molecule has 1 aliphatic rings. The number of hydrogen-bond donors (Lipinski definition) is 2. The Hall–Kier alpha value is -1.46. The van der Waals surface area contributed by atoms with E-state index >= 15 is 0 Å². The molecule has 0 aliphatic heterocycles. The zero-order chi connectivity index (χ0) is 13.4. The van der Waals surface area contributed by atoms with Crippen molar-refractivity contribution in [1.29, 1.82) is 0 Å². The average molecular weight is 259 g/mol. The highest BCUT2D eigenvalue weighted by Crippen LogP contribution is 2.39. The summed E-state index contributed by atoms with van der Waals surface area (Å²) in [4.78, 5) is 4.14. The number of rotatable bonds is 4. The maximum atomic E-state index is 12.8. The molecule has 18 heavy (non-hydrogen) atoms. The predicted molar refractivity (Wildman–Crippen MR) is 64.7 cm³/mol. The summed E-state index contributed by atoms with van der Waals surface area (Å²) in [6, 6.07) is 2.09. The van der Waals surface area contributed by atoms with Gasteiger partial charge in [-0.2, -0.15) is 13.2 Å². The van der Waals surface area contributed by atoms with E-state index in [1.807, 2.05) is 13.8 Å². The third-order valence-electron chi connectivity index (χ3n) is 2.94. The van der Waals surface area contributed by atoms with E-state index in [-0.39, 0.29) is 17.2 Å². The highest BCUT2D eigenvalue weighted by atomic mass is 19.4. The van der Waals surface area contributed by atoms with Crippen molar-refractivity contribution in [2.45, 2.75) is 38.4 Å². The standard InChI is InChI=1S/C12H16F3N3/c1-3-16-9-6-8(12(13,14)15)7-10(17-9)18-11(2)4-5-11/h6-7H,3-5H2,1-2H3,(H2,16,17,18). The number of nitrogens with zero attached hydrogens (tertiary/aromatic N) is 1. The molecule has 3 nitrogen and oxygen atoms in total. The molecule has 0 bridgehead atoms. The Morgan fingerprint density at radius 1 is 1.28 bits per heavy atom. The van der Waals surface area contributed by atoms with Crippen LogP contribution in [-0.2, 0) is 6.18 Å². The van der Waals surface area contributed by atoms with Crippen molar-refractivity contribution < 1.29 is 13.2 Å². The van der Waals surface area contributed by atoms with Crippen LogP contribution < -0.4 is 10.6 Å². The molecule has 100 valence electrons. The number of anilines is 2. The summed E-state index contributed by atoms with van der Waals surface area (Å²) in [6.45, 7) is 4.32. The number of hydrogen-bond acceptors (Lipinski definition) is 3. The van der Waals surface area contributed by atoms with Gasteiger partial charge in [0.05, 0.1) is 5.56 Å². The first-order valence-electron chi connectivity index (χ1n) is 5.94. The van der Waals surface area contributed by atoms with Crippen LogP contribution in [0.2, 0.25) is 0 Å². The fraction of sp³-hybridized carbons (Fsp3) is 0.583. The second-order valence-corrected chi connectivity index (χ2v) is 4.84. The Kier molecular flexibility index (Phi) is 3.12. The van der Waals surface area contributed by atoms with Crippen LogP contribution in [0.15, 0.2) is 12.1 Å². The molecule has 2 rings (SSSR count). The second-order valence-electron chi connectivity index (χ2n) is 4.84. The van der Waals surface area contributed by atoms with E-state index < -0.39 is 11.7 Å². The van der Waals surface area contributed by atoms with Crippen LogP contribution >= 0.6 is 0 Å². The van der Waals surface area contributed by atoms with Gasteiger partial charge in [0, 0.05) is 12.1 Å². The molecule has 6 heteroatoms. The van der Waals surface area contributed by atoms with Crippen molar-refractivity contribution >= 4 is 11.6 Å². The molecule has 0 radical (unpaired) electrons. The van der Waals surface area contributed by atoms with Crippen LogP contribution in [0.25, 0.3) is 0 Å². The Morgan fingerprint density at radius 3 is 2.39 bits per heavy atom. The Morgan fingerprint density at radius 2 is 1.89 bits per heavy atom. The molecule has 0 amide bonds. The van der Waals surface area contributed by atoms with Crippen LogP contribution in [0.3, 0.4) is 0 Å². The van der Waals surface area contributed by atoms with Gasteiger partial charge in [0.15, 0.2) is 0 Å². The number of alkyl halides is 3. The highest BCUT2D eigenvalue weighted by molar-refractivity contribution is 5.51. The first kappa shape index (κ1) is 13.0. The molecule has 1 saturated carbocycles. The molecule has 1 aromatic heterocycles. The van der Waals surface area contributed by atoms with Crippen molar-refractivity contribution in [2.75, 3.05) is 17.2 Å².